The highest BCUT2D eigenvalue weighted by Crippen LogP contribution is 2.25. The fourth-order valence-corrected chi connectivity index (χ4v) is 2.91. The summed E-state index contributed by atoms with van der Waals surface area (Å²) in [6.45, 7) is 5.76. The number of benzene rings is 2. The van der Waals surface area contributed by atoms with E-state index in [9.17, 15) is 9.18 Å². The summed E-state index contributed by atoms with van der Waals surface area (Å²) in [6, 6.07) is 12.0. The highest BCUT2D eigenvalue weighted by molar-refractivity contribution is 6.13. The van der Waals surface area contributed by atoms with Crippen molar-refractivity contribution < 1.29 is 9.18 Å². The SMILES string of the molecule is CCc1nc2ccccc2c(C(=O)Nc2cc(F)ccc2C)c1C. The zero-order valence-corrected chi connectivity index (χ0v) is 14.0. The Balaban J connectivity index is 2.12. The van der Waals surface area contributed by atoms with Crippen LogP contribution in [-0.4, -0.2) is 10.9 Å². The lowest BCUT2D eigenvalue weighted by Gasteiger charge is -2.15. The van der Waals surface area contributed by atoms with Gasteiger partial charge in [0.2, 0.25) is 0 Å². The molecule has 4 heteroatoms. The molecular formula is C20H19FN2O. The van der Waals surface area contributed by atoms with Gasteiger partial charge < -0.3 is 5.32 Å². The van der Waals surface area contributed by atoms with Gasteiger partial charge in [-0.25, -0.2) is 4.39 Å². The van der Waals surface area contributed by atoms with Crippen molar-refractivity contribution in [3.05, 3.63) is 70.7 Å². The Morgan fingerprint density at radius 2 is 1.92 bits per heavy atom. The van der Waals surface area contributed by atoms with Gasteiger partial charge in [-0.15, -0.1) is 0 Å². The summed E-state index contributed by atoms with van der Waals surface area (Å²) < 4.78 is 13.5. The molecule has 0 spiro atoms. The first kappa shape index (κ1) is 16.1. The Morgan fingerprint density at radius 3 is 2.67 bits per heavy atom. The fraction of sp³-hybridized carbons (Fsp3) is 0.200. The van der Waals surface area contributed by atoms with E-state index < -0.39 is 0 Å². The number of amides is 1. The second-order valence-electron chi connectivity index (χ2n) is 5.84. The molecule has 0 aliphatic rings. The van der Waals surface area contributed by atoms with Crippen LogP contribution in [0.4, 0.5) is 10.1 Å². The third-order valence-corrected chi connectivity index (χ3v) is 4.25. The third-order valence-electron chi connectivity index (χ3n) is 4.25. The Morgan fingerprint density at radius 1 is 1.17 bits per heavy atom. The molecule has 2 aromatic carbocycles. The molecule has 0 atom stereocenters. The maximum atomic E-state index is 13.5. The maximum Gasteiger partial charge on any atom is 0.256 e. The average molecular weight is 322 g/mol. The van der Waals surface area contributed by atoms with Crippen molar-refractivity contribution >= 4 is 22.5 Å². The molecular weight excluding hydrogens is 303 g/mol. The van der Waals surface area contributed by atoms with E-state index in [0.717, 1.165) is 34.1 Å². The van der Waals surface area contributed by atoms with Gasteiger partial charge in [0.25, 0.3) is 5.91 Å². The zero-order valence-electron chi connectivity index (χ0n) is 14.0. The number of hydrogen-bond acceptors (Lipinski definition) is 2. The average Bonchev–Trinajstić information content (AvgIpc) is 2.57. The van der Waals surface area contributed by atoms with Crippen LogP contribution in [0, 0.1) is 19.7 Å². The van der Waals surface area contributed by atoms with Crippen molar-refractivity contribution in [1.82, 2.24) is 4.98 Å². The lowest BCUT2D eigenvalue weighted by Crippen LogP contribution is -2.16. The zero-order chi connectivity index (χ0) is 17.3. The number of para-hydroxylation sites is 1. The molecule has 1 amide bonds. The van der Waals surface area contributed by atoms with Crippen LogP contribution in [0.5, 0.6) is 0 Å². The van der Waals surface area contributed by atoms with Gasteiger partial charge in [-0.05, 0) is 49.6 Å². The standard InChI is InChI=1S/C20H19FN2O/c1-4-16-13(3)19(15-7-5-6-8-17(15)22-16)20(24)23-18-11-14(21)10-9-12(18)2/h5-11H,4H2,1-3H3,(H,23,24). The molecule has 0 saturated carbocycles. The topological polar surface area (TPSA) is 42.0 Å². The van der Waals surface area contributed by atoms with Gasteiger partial charge in [0, 0.05) is 16.8 Å². The molecule has 122 valence electrons. The molecule has 3 nitrogen and oxygen atoms in total. The van der Waals surface area contributed by atoms with Crippen LogP contribution in [0.2, 0.25) is 0 Å². The Kier molecular flexibility index (Phi) is 4.30. The molecule has 1 N–H and O–H groups in total. The molecule has 0 radical (unpaired) electrons. The molecule has 0 unspecified atom stereocenters. The molecule has 1 aromatic heterocycles. The van der Waals surface area contributed by atoms with Gasteiger partial charge in [0.05, 0.1) is 11.1 Å². The van der Waals surface area contributed by atoms with Crippen LogP contribution in [0.1, 0.15) is 34.1 Å². The number of pyridine rings is 1. The van der Waals surface area contributed by atoms with E-state index in [1.54, 1.807) is 6.07 Å². The summed E-state index contributed by atoms with van der Waals surface area (Å²) in [4.78, 5) is 17.6. The minimum atomic E-state index is -0.374. The van der Waals surface area contributed by atoms with Crippen molar-refractivity contribution in [2.75, 3.05) is 5.32 Å². The van der Waals surface area contributed by atoms with Crippen molar-refractivity contribution in [3.8, 4) is 0 Å². The lowest BCUT2D eigenvalue weighted by molar-refractivity contribution is 0.102. The summed E-state index contributed by atoms with van der Waals surface area (Å²) in [5.74, 6) is -0.615. The Bertz CT molecular complexity index is 934. The van der Waals surface area contributed by atoms with Gasteiger partial charge in [-0.1, -0.05) is 31.2 Å². The molecule has 24 heavy (non-hydrogen) atoms. The second-order valence-corrected chi connectivity index (χ2v) is 5.84. The Hall–Kier alpha value is -2.75. The molecule has 0 aliphatic heterocycles. The van der Waals surface area contributed by atoms with Gasteiger partial charge in [-0.3, -0.25) is 9.78 Å². The number of halogens is 1. The number of carbonyl (C=O) groups is 1. The van der Waals surface area contributed by atoms with Crippen molar-refractivity contribution in [1.29, 1.82) is 0 Å². The summed E-state index contributed by atoms with van der Waals surface area (Å²) in [5.41, 5.74) is 4.45. The predicted octanol–water partition coefficient (Wildman–Crippen LogP) is 4.81. The predicted molar refractivity (Wildman–Crippen MR) is 94.9 cm³/mol. The summed E-state index contributed by atoms with van der Waals surface area (Å²) in [5, 5.41) is 3.65. The van der Waals surface area contributed by atoms with Crippen LogP contribution >= 0.6 is 0 Å². The molecule has 0 aliphatic carbocycles. The van der Waals surface area contributed by atoms with Gasteiger partial charge >= 0.3 is 0 Å². The Labute approximate surface area is 140 Å². The normalized spacial score (nSPS) is 10.8. The van der Waals surface area contributed by atoms with Crippen LogP contribution in [-0.2, 0) is 6.42 Å². The van der Waals surface area contributed by atoms with Crippen LogP contribution in [0.3, 0.4) is 0 Å². The summed E-state index contributed by atoms with van der Waals surface area (Å²) in [6.07, 6.45) is 0.746. The highest BCUT2D eigenvalue weighted by Gasteiger charge is 2.18. The van der Waals surface area contributed by atoms with Gasteiger partial charge in [0.15, 0.2) is 0 Å². The molecule has 0 fully saturated rings. The van der Waals surface area contributed by atoms with Crippen molar-refractivity contribution in [3.63, 3.8) is 0 Å². The molecule has 1 heterocycles. The smallest absolute Gasteiger partial charge is 0.256 e. The summed E-state index contributed by atoms with van der Waals surface area (Å²) in [7, 11) is 0. The highest BCUT2D eigenvalue weighted by atomic mass is 19.1. The van der Waals surface area contributed by atoms with Crippen molar-refractivity contribution in [2.24, 2.45) is 0 Å². The molecule has 0 bridgehead atoms. The number of hydrogen-bond donors (Lipinski definition) is 1. The van der Waals surface area contributed by atoms with Crippen molar-refractivity contribution in [2.45, 2.75) is 27.2 Å². The molecule has 3 rings (SSSR count). The maximum absolute atomic E-state index is 13.5. The number of rotatable bonds is 3. The first-order valence-corrected chi connectivity index (χ1v) is 7.97. The van der Waals surface area contributed by atoms with E-state index in [4.69, 9.17) is 0 Å². The number of fused-ring (bicyclic) bond motifs is 1. The first-order chi connectivity index (χ1) is 11.5. The number of nitrogens with one attached hydrogen (secondary N) is 1. The van der Waals surface area contributed by atoms with Crippen LogP contribution in [0.15, 0.2) is 42.5 Å². The minimum Gasteiger partial charge on any atom is -0.322 e. The third kappa shape index (κ3) is 2.87. The van der Waals surface area contributed by atoms with Crippen LogP contribution in [0.25, 0.3) is 10.9 Å². The van der Waals surface area contributed by atoms with E-state index in [1.807, 2.05) is 45.0 Å². The lowest BCUT2D eigenvalue weighted by atomic mass is 9.99. The summed E-state index contributed by atoms with van der Waals surface area (Å²) >= 11 is 0. The second kappa shape index (κ2) is 6.40. The van der Waals surface area contributed by atoms with Crippen LogP contribution < -0.4 is 5.32 Å². The van der Waals surface area contributed by atoms with E-state index in [-0.39, 0.29) is 11.7 Å². The minimum absolute atomic E-state index is 0.241. The van der Waals surface area contributed by atoms with E-state index in [0.29, 0.717) is 11.3 Å². The molecule has 3 aromatic rings. The monoisotopic (exact) mass is 322 g/mol. The number of aromatic nitrogens is 1. The largest absolute Gasteiger partial charge is 0.322 e. The number of carbonyl (C=O) groups excluding carboxylic acids is 1. The van der Waals surface area contributed by atoms with Gasteiger partial charge in [-0.2, -0.15) is 0 Å². The number of nitrogens with zero attached hydrogens (tertiary/aromatic N) is 1. The van der Waals surface area contributed by atoms with E-state index >= 15 is 0 Å². The fourth-order valence-electron chi connectivity index (χ4n) is 2.91. The van der Waals surface area contributed by atoms with E-state index in [2.05, 4.69) is 10.3 Å². The van der Waals surface area contributed by atoms with E-state index in [1.165, 1.54) is 12.1 Å². The number of aryl methyl sites for hydroxylation is 2. The number of anilines is 1. The quantitative estimate of drug-likeness (QED) is 0.752. The first-order valence-electron chi connectivity index (χ1n) is 7.97. The molecule has 0 saturated heterocycles. The van der Waals surface area contributed by atoms with Gasteiger partial charge in [0.1, 0.15) is 5.82 Å².